The molecule has 0 fully saturated rings. The van der Waals surface area contributed by atoms with Crippen molar-refractivity contribution in [3.63, 3.8) is 0 Å². The second-order valence-electron chi connectivity index (χ2n) is 5.63. The van der Waals surface area contributed by atoms with Crippen molar-refractivity contribution in [1.29, 1.82) is 0 Å². The van der Waals surface area contributed by atoms with Gasteiger partial charge in [-0.1, -0.05) is 12.1 Å². The summed E-state index contributed by atoms with van der Waals surface area (Å²) in [4.78, 5) is 14.1. The van der Waals surface area contributed by atoms with Crippen LogP contribution in [-0.4, -0.2) is 20.1 Å². The van der Waals surface area contributed by atoms with Crippen LogP contribution in [0.15, 0.2) is 24.5 Å². The number of aryl methyl sites for hydroxylation is 1. The molecule has 2 aromatic rings. The van der Waals surface area contributed by atoms with Crippen molar-refractivity contribution in [2.45, 2.75) is 25.9 Å². The van der Waals surface area contributed by atoms with Gasteiger partial charge in [0.2, 0.25) is 6.33 Å². The number of nitrogens with zero attached hydrogens (tertiary/aromatic N) is 3. The number of imidazole rings is 1. The summed E-state index contributed by atoms with van der Waals surface area (Å²) in [6.45, 7) is 3.98. The summed E-state index contributed by atoms with van der Waals surface area (Å²) in [7, 11) is 1.64. The van der Waals surface area contributed by atoms with E-state index in [4.69, 9.17) is 9.47 Å². The van der Waals surface area contributed by atoms with E-state index >= 15 is 0 Å². The number of aromatic nitrogens is 2. The lowest BCUT2D eigenvalue weighted by Gasteiger charge is -2.18. The topological polar surface area (TPSA) is 79.4 Å². The molecular formula is C14H15N3O4. The first-order chi connectivity index (χ1) is 9.87. The van der Waals surface area contributed by atoms with E-state index in [0.717, 1.165) is 12.0 Å². The lowest BCUT2D eigenvalue weighted by atomic mass is 10.0. The normalized spacial score (nSPS) is 15.4. The van der Waals surface area contributed by atoms with Gasteiger partial charge in [0, 0.05) is 19.0 Å². The molecule has 1 aromatic heterocycles. The van der Waals surface area contributed by atoms with E-state index < -0.39 is 4.92 Å². The molecule has 3 rings (SSSR count). The van der Waals surface area contributed by atoms with Crippen molar-refractivity contribution < 1.29 is 14.4 Å². The van der Waals surface area contributed by atoms with E-state index in [1.165, 1.54) is 10.9 Å². The molecule has 0 spiro atoms. The molecule has 110 valence electrons. The minimum Gasteiger partial charge on any atom is -0.483 e. The fourth-order valence-corrected chi connectivity index (χ4v) is 2.42. The highest BCUT2D eigenvalue weighted by molar-refractivity contribution is 5.52. The molecular weight excluding hydrogens is 274 g/mol. The fraction of sp³-hybridized carbons (Fsp3) is 0.357. The Morgan fingerprint density at radius 2 is 2.24 bits per heavy atom. The molecule has 0 radical (unpaired) electrons. The molecule has 7 heteroatoms. The summed E-state index contributed by atoms with van der Waals surface area (Å²) in [5.74, 6) is 0.872. The molecule has 0 atom stereocenters. The van der Waals surface area contributed by atoms with E-state index in [1.54, 1.807) is 13.1 Å². The predicted molar refractivity (Wildman–Crippen MR) is 74.8 cm³/mol. The van der Waals surface area contributed by atoms with Crippen molar-refractivity contribution in [2.75, 3.05) is 0 Å². The van der Waals surface area contributed by atoms with Crippen molar-refractivity contribution in [3.05, 3.63) is 40.2 Å². The van der Waals surface area contributed by atoms with Crippen LogP contribution in [0, 0.1) is 10.1 Å². The Morgan fingerprint density at radius 1 is 1.48 bits per heavy atom. The molecule has 0 bridgehead atoms. The van der Waals surface area contributed by atoms with Gasteiger partial charge in [0.25, 0.3) is 0 Å². The van der Waals surface area contributed by atoms with Gasteiger partial charge in [-0.3, -0.25) is 4.57 Å². The fourth-order valence-electron chi connectivity index (χ4n) is 2.42. The van der Waals surface area contributed by atoms with Gasteiger partial charge < -0.3 is 19.6 Å². The highest BCUT2D eigenvalue weighted by Gasteiger charge is 2.33. The highest BCUT2D eigenvalue weighted by Crippen LogP contribution is 2.44. The molecule has 0 saturated heterocycles. The zero-order valence-electron chi connectivity index (χ0n) is 12.0. The molecule has 2 heterocycles. The summed E-state index contributed by atoms with van der Waals surface area (Å²) in [6.07, 6.45) is 2.12. The Balaban J connectivity index is 2.00. The van der Waals surface area contributed by atoms with Crippen LogP contribution >= 0.6 is 0 Å². The maximum Gasteiger partial charge on any atom is 0.427 e. The number of hydrogen-bond acceptors (Lipinski definition) is 5. The third-order valence-electron chi connectivity index (χ3n) is 3.30. The Morgan fingerprint density at radius 3 is 2.95 bits per heavy atom. The third kappa shape index (κ3) is 2.31. The molecule has 0 amide bonds. The molecule has 0 saturated carbocycles. The average Bonchev–Trinajstić information content (AvgIpc) is 2.89. The lowest BCUT2D eigenvalue weighted by Crippen LogP contribution is -2.24. The Labute approximate surface area is 121 Å². The largest absolute Gasteiger partial charge is 0.483 e. The Hall–Kier alpha value is -2.57. The van der Waals surface area contributed by atoms with Crippen LogP contribution in [0.1, 0.15) is 19.4 Å². The quantitative estimate of drug-likeness (QED) is 0.641. The molecule has 0 unspecified atom stereocenters. The van der Waals surface area contributed by atoms with E-state index in [2.05, 4.69) is 4.98 Å². The number of ether oxygens (including phenoxy) is 2. The van der Waals surface area contributed by atoms with Gasteiger partial charge >= 0.3 is 11.7 Å². The first-order valence-corrected chi connectivity index (χ1v) is 6.52. The summed E-state index contributed by atoms with van der Waals surface area (Å²) < 4.78 is 13.1. The molecule has 21 heavy (non-hydrogen) atoms. The molecule has 0 N–H and O–H groups in total. The van der Waals surface area contributed by atoms with Crippen molar-refractivity contribution >= 4 is 5.82 Å². The van der Waals surface area contributed by atoms with Crippen LogP contribution in [0.2, 0.25) is 0 Å². The Kier molecular flexibility index (Phi) is 2.86. The van der Waals surface area contributed by atoms with E-state index in [9.17, 15) is 10.1 Å². The molecule has 1 aliphatic heterocycles. The summed E-state index contributed by atoms with van der Waals surface area (Å²) in [6, 6.07) is 5.55. The SMILES string of the molecule is Cn1cnc([N+](=O)[O-])c1Oc1cccc2c1OC(C)(C)C2. The number of hydrogen-bond donors (Lipinski definition) is 0. The van der Waals surface area contributed by atoms with Gasteiger partial charge in [-0.25, -0.2) is 0 Å². The summed E-state index contributed by atoms with van der Waals surface area (Å²) in [5, 5.41) is 11.0. The molecule has 1 aromatic carbocycles. The number of fused-ring (bicyclic) bond motifs is 1. The molecule has 0 aliphatic carbocycles. The lowest BCUT2D eigenvalue weighted by molar-refractivity contribution is -0.390. The van der Waals surface area contributed by atoms with Crippen LogP contribution in [-0.2, 0) is 13.5 Å². The standard InChI is InChI=1S/C14H15N3O4/c1-14(2)7-9-5-4-6-10(11(9)21-14)20-13-12(17(18)19)15-8-16(13)3/h4-6,8H,7H2,1-3H3. The number of rotatable bonds is 3. The average molecular weight is 289 g/mol. The number of nitro groups is 1. The third-order valence-corrected chi connectivity index (χ3v) is 3.30. The molecule has 1 aliphatic rings. The molecule has 7 nitrogen and oxygen atoms in total. The first-order valence-electron chi connectivity index (χ1n) is 6.52. The van der Waals surface area contributed by atoms with Crippen LogP contribution in [0.5, 0.6) is 17.4 Å². The van der Waals surface area contributed by atoms with Gasteiger partial charge in [0.05, 0.1) is 0 Å². The number of benzene rings is 1. The Bertz CT molecular complexity index is 721. The monoisotopic (exact) mass is 289 g/mol. The van der Waals surface area contributed by atoms with Gasteiger partial charge in [-0.15, -0.1) is 0 Å². The second kappa shape index (κ2) is 4.47. The van der Waals surface area contributed by atoms with Gasteiger partial charge in [-0.05, 0) is 29.8 Å². The van der Waals surface area contributed by atoms with Crippen molar-refractivity contribution in [1.82, 2.24) is 9.55 Å². The minimum absolute atomic E-state index is 0.0849. The van der Waals surface area contributed by atoms with E-state index in [1.807, 2.05) is 26.0 Å². The highest BCUT2D eigenvalue weighted by atomic mass is 16.6. The van der Waals surface area contributed by atoms with Gasteiger partial charge in [-0.2, -0.15) is 0 Å². The zero-order chi connectivity index (χ0) is 15.2. The minimum atomic E-state index is -0.566. The zero-order valence-corrected chi connectivity index (χ0v) is 12.0. The predicted octanol–water partition coefficient (Wildman–Crippen LogP) is 2.83. The maximum atomic E-state index is 11.0. The van der Waals surface area contributed by atoms with Gasteiger partial charge in [0.1, 0.15) is 5.60 Å². The summed E-state index contributed by atoms with van der Waals surface area (Å²) in [5.41, 5.74) is 0.725. The van der Waals surface area contributed by atoms with Crippen molar-refractivity contribution in [2.24, 2.45) is 7.05 Å². The van der Waals surface area contributed by atoms with Crippen LogP contribution in [0.3, 0.4) is 0 Å². The van der Waals surface area contributed by atoms with Crippen LogP contribution in [0.25, 0.3) is 0 Å². The van der Waals surface area contributed by atoms with Gasteiger partial charge in [0.15, 0.2) is 11.5 Å². The van der Waals surface area contributed by atoms with E-state index in [-0.39, 0.29) is 17.3 Å². The number of para-hydroxylation sites is 1. The van der Waals surface area contributed by atoms with Crippen LogP contribution in [0.4, 0.5) is 5.82 Å². The maximum absolute atomic E-state index is 11.0. The first kappa shape index (κ1) is 13.4. The smallest absolute Gasteiger partial charge is 0.427 e. The van der Waals surface area contributed by atoms with Crippen LogP contribution < -0.4 is 9.47 Å². The summed E-state index contributed by atoms with van der Waals surface area (Å²) >= 11 is 0. The second-order valence-corrected chi connectivity index (χ2v) is 5.63. The van der Waals surface area contributed by atoms with E-state index in [0.29, 0.717) is 11.5 Å². The van der Waals surface area contributed by atoms with Crippen molar-refractivity contribution in [3.8, 4) is 17.4 Å².